The lowest BCUT2D eigenvalue weighted by Crippen LogP contribution is -2.15. The molecule has 0 spiro atoms. The van der Waals surface area contributed by atoms with Crippen LogP contribution in [0.5, 0.6) is 11.5 Å². The summed E-state index contributed by atoms with van der Waals surface area (Å²) in [5, 5.41) is 16.9. The monoisotopic (exact) mass is 423 g/mol. The summed E-state index contributed by atoms with van der Waals surface area (Å²) in [6.07, 6.45) is 0. The number of carbonyl (C=O) groups is 2. The quantitative estimate of drug-likeness (QED) is 0.446. The van der Waals surface area contributed by atoms with Crippen LogP contribution in [0.2, 0.25) is 5.02 Å². The van der Waals surface area contributed by atoms with E-state index in [9.17, 15) is 19.7 Å². The molecule has 0 atom stereocenters. The summed E-state index contributed by atoms with van der Waals surface area (Å²) in [6, 6.07) is 13.8. The standard InChI is InChI=1S/C21H14ClN3O5/c1-11-14(3-2-4-17(11)25(28)29)20(26)23-13-6-8-18-15(10-13)21(27)24-16-9-12(22)5-7-19(16)30-18/h2-10H,1H3,(H,23,26)(H,24,27). The fourth-order valence-corrected chi connectivity index (χ4v) is 3.31. The number of ether oxygens (including phenoxy) is 1. The molecule has 2 N–H and O–H groups in total. The Morgan fingerprint density at radius 2 is 1.90 bits per heavy atom. The number of rotatable bonds is 3. The van der Waals surface area contributed by atoms with E-state index in [1.165, 1.54) is 31.2 Å². The minimum Gasteiger partial charge on any atom is -0.454 e. The predicted octanol–water partition coefficient (Wildman–Crippen LogP) is 5.17. The number of nitrogens with zero attached hydrogens (tertiary/aromatic N) is 1. The number of nitrogens with one attached hydrogen (secondary N) is 2. The average Bonchev–Trinajstić information content (AvgIpc) is 2.83. The van der Waals surface area contributed by atoms with Crippen molar-refractivity contribution in [2.24, 2.45) is 0 Å². The van der Waals surface area contributed by atoms with Gasteiger partial charge >= 0.3 is 0 Å². The van der Waals surface area contributed by atoms with Crippen LogP contribution in [-0.2, 0) is 0 Å². The lowest BCUT2D eigenvalue weighted by Gasteiger charge is -2.11. The highest BCUT2D eigenvalue weighted by atomic mass is 35.5. The second kappa shape index (κ2) is 7.49. The van der Waals surface area contributed by atoms with Crippen LogP contribution in [0.4, 0.5) is 17.1 Å². The minimum atomic E-state index is -0.542. The third-order valence-electron chi connectivity index (χ3n) is 4.64. The van der Waals surface area contributed by atoms with Crippen molar-refractivity contribution >= 4 is 40.5 Å². The van der Waals surface area contributed by atoms with Crippen LogP contribution in [0.25, 0.3) is 0 Å². The SMILES string of the molecule is Cc1c(C(=O)Nc2ccc3c(c2)C(=O)Nc2cc(Cl)ccc2O3)cccc1[N+](=O)[O-]. The van der Waals surface area contributed by atoms with Gasteiger partial charge in [-0.25, -0.2) is 0 Å². The van der Waals surface area contributed by atoms with Crippen LogP contribution in [0.15, 0.2) is 54.6 Å². The summed E-state index contributed by atoms with van der Waals surface area (Å²) in [7, 11) is 0. The van der Waals surface area contributed by atoms with E-state index >= 15 is 0 Å². The second-order valence-corrected chi connectivity index (χ2v) is 7.00. The first-order chi connectivity index (χ1) is 14.3. The van der Waals surface area contributed by atoms with E-state index < -0.39 is 16.7 Å². The molecule has 30 heavy (non-hydrogen) atoms. The van der Waals surface area contributed by atoms with Crippen LogP contribution in [-0.4, -0.2) is 16.7 Å². The number of benzene rings is 3. The molecule has 0 aliphatic carbocycles. The highest BCUT2D eigenvalue weighted by Crippen LogP contribution is 2.38. The van der Waals surface area contributed by atoms with Crippen molar-refractivity contribution in [1.29, 1.82) is 0 Å². The molecule has 1 aliphatic heterocycles. The van der Waals surface area contributed by atoms with Gasteiger partial charge in [-0.15, -0.1) is 0 Å². The third kappa shape index (κ3) is 3.56. The highest BCUT2D eigenvalue weighted by Gasteiger charge is 2.23. The van der Waals surface area contributed by atoms with Crippen molar-refractivity contribution in [3.63, 3.8) is 0 Å². The molecular weight excluding hydrogens is 410 g/mol. The zero-order chi connectivity index (χ0) is 21.4. The molecule has 0 bridgehead atoms. The number of nitro groups is 1. The molecule has 0 fully saturated rings. The number of fused-ring (bicyclic) bond motifs is 2. The summed E-state index contributed by atoms with van der Waals surface area (Å²) < 4.78 is 5.80. The van der Waals surface area contributed by atoms with E-state index in [-0.39, 0.29) is 22.4 Å². The van der Waals surface area contributed by atoms with Gasteiger partial charge in [-0.3, -0.25) is 19.7 Å². The second-order valence-electron chi connectivity index (χ2n) is 6.57. The summed E-state index contributed by atoms with van der Waals surface area (Å²) in [5.41, 5.74) is 1.27. The number of amides is 2. The maximum absolute atomic E-state index is 12.7. The summed E-state index contributed by atoms with van der Waals surface area (Å²) in [5.74, 6) is -0.191. The number of anilines is 2. The van der Waals surface area contributed by atoms with E-state index in [1.807, 2.05) is 0 Å². The highest BCUT2D eigenvalue weighted by molar-refractivity contribution is 6.31. The van der Waals surface area contributed by atoms with Gasteiger partial charge < -0.3 is 15.4 Å². The predicted molar refractivity (Wildman–Crippen MR) is 112 cm³/mol. The topological polar surface area (TPSA) is 111 Å². The Bertz CT molecular complexity index is 1230. The fourth-order valence-electron chi connectivity index (χ4n) is 3.14. The van der Waals surface area contributed by atoms with Crippen molar-refractivity contribution < 1.29 is 19.2 Å². The minimum absolute atomic E-state index is 0.145. The molecule has 0 radical (unpaired) electrons. The Hall–Kier alpha value is -3.91. The number of hydrogen-bond acceptors (Lipinski definition) is 5. The Kier molecular flexibility index (Phi) is 4.85. The molecule has 1 aliphatic rings. The van der Waals surface area contributed by atoms with Gasteiger partial charge in [0, 0.05) is 27.9 Å². The molecule has 0 aromatic heterocycles. The van der Waals surface area contributed by atoms with Crippen LogP contribution in [0, 0.1) is 17.0 Å². The Balaban J connectivity index is 1.63. The summed E-state index contributed by atoms with van der Waals surface area (Å²) >= 11 is 5.98. The van der Waals surface area contributed by atoms with Gasteiger partial charge in [0.25, 0.3) is 17.5 Å². The van der Waals surface area contributed by atoms with Crippen molar-refractivity contribution in [3.8, 4) is 11.5 Å². The van der Waals surface area contributed by atoms with Gasteiger partial charge in [0.2, 0.25) is 0 Å². The maximum Gasteiger partial charge on any atom is 0.273 e. The molecule has 0 unspecified atom stereocenters. The van der Waals surface area contributed by atoms with Gasteiger partial charge in [0.1, 0.15) is 5.75 Å². The van der Waals surface area contributed by atoms with E-state index in [2.05, 4.69) is 10.6 Å². The summed E-state index contributed by atoms with van der Waals surface area (Å²) in [6.45, 7) is 1.51. The van der Waals surface area contributed by atoms with Gasteiger partial charge in [-0.1, -0.05) is 17.7 Å². The Labute approximate surface area is 175 Å². The smallest absolute Gasteiger partial charge is 0.273 e. The first-order valence-corrected chi connectivity index (χ1v) is 9.19. The Morgan fingerprint density at radius 1 is 1.13 bits per heavy atom. The molecular formula is C21H14ClN3O5. The molecule has 3 aromatic carbocycles. The van der Waals surface area contributed by atoms with Crippen molar-refractivity contribution in [2.45, 2.75) is 6.92 Å². The first kappa shape index (κ1) is 19.4. The van der Waals surface area contributed by atoms with Gasteiger partial charge in [-0.2, -0.15) is 0 Å². The number of hydrogen-bond donors (Lipinski definition) is 2. The summed E-state index contributed by atoms with van der Waals surface area (Å²) in [4.78, 5) is 35.9. The molecule has 4 rings (SSSR count). The van der Waals surface area contributed by atoms with Crippen molar-refractivity contribution in [1.82, 2.24) is 0 Å². The number of nitro benzene ring substituents is 1. The van der Waals surface area contributed by atoms with E-state index in [0.717, 1.165) is 0 Å². The van der Waals surface area contributed by atoms with Crippen molar-refractivity contribution in [3.05, 3.63) is 86.4 Å². The Morgan fingerprint density at radius 3 is 2.67 bits per heavy atom. The van der Waals surface area contributed by atoms with Crippen LogP contribution in [0.3, 0.4) is 0 Å². The van der Waals surface area contributed by atoms with Gasteiger partial charge in [-0.05, 0) is 49.4 Å². The largest absolute Gasteiger partial charge is 0.454 e. The molecule has 150 valence electrons. The molecule has 2 amide bonds. The van der Waals surface area contributed by atoms with Crippen molar-refractivity contribution in [2.75, 3.05) is 10.6 Å². The van der Waals surface area contributed by atoms with Crippen LogP contribution in [0.1, 0.15) is 26.3 Å². The van der Waals surface area contributed by atoms with Gasteiger partial charge in [0.15, 0.2) is 5.75 Å². The number of carbonyl (C=O) groups excluding carboxylic acids is 2. The molecule has 0 saturated carbocycles. The maximum atomic E-state index is 12.7. The molecule has 0 saturated heterocycles. The lowest BCUT2D eigenvalue weighted by molar-refractivity contribution is -0.385. The number of halogens is 1. The molecule has 9 heteroatoms. The fraction of sp³-hybridized carbons (Fsp3) is 0.0476. The molecule has 3 aromatic rings. The van der Waals surface area contributed by atoms with E-state index in [0.29, 0.717) is 27.9 Å². The lowest BCUT2D eigenvalue weighted by atomic mass is 10.1. The third-order valence-corrected chi connectivity index (χ3v) is 4.87. The van der Waals surface area contributed by atoms with Gasteiger partial charge in [0.05, 0.1) is 16.2 Å². The zero-order valence-corrected chi connectivity index (χ0v) is 16.3. The zero-order valence-electron chi connectivity index (χ0n) is 15.6. The molecule has 8 nitrogen and oxygen atoms in total. The van der Waals surface area contributed by atoms with E-state index in [4.69, 9.17) is 16.3 Å². The van der Waals surface area contributed by atoms with Crippen LogP contribution >= 0.6 is 11.6 Å². The van der Waals surface area contributed by atoms with E-state index in [1.54, 1.807) is 30.3 Å². The van der Waals surface area contributed by atoms with Crippen LogP contribution < -0.4 is 15.4 Å². The normalized spacial score (nSPS) is 12.0. The average molecular weight is 424 g/mol. The molecule has 1 heterocycles. The first-order valence-electron chi connectivity index (χ1n) is 8.81.